The molecule has 0 saturated carbocycles. The van der Waals surface area contributed by atoms with Gasteiger partial charge in [-0.1, -0.05) is 36.2 Å². The third-order valence-corrected chi connectivity index (χ3v) is 3.69. The summed E-state index contributed by atoms with van der Waals surface area (Å²) in [5.74, 6) is 0.209. The Hall–Kier alpha value is -1.27. The van der Waals surface area contributed by atoms with Gasteiger partial charge in [0.2, 0.25) is 5.91 Å². The maximum atomic E-state index is 11.9. The van der Waals surface area contributed by atoms with Gasteiger partial charge in [-0.25, -0.2) is 4.68 Å². The van der Waals surface area contributed by atoms with Crippen LogP contribution >= 0.6 is 35.6 Å². The minimum atomic E-state index is -0.257. The number of anilines is 1. The van der Waals surface area contributed by atoms with Crippen LogP contribution in [-0.2, 0) is 11.3 Å². The molecule has 120 valence electrons. The lowest BCUT2D eigenvalue weighted by Gasteiger charge is -2.12. The lowest BCUT2D eigenvalue weighted by molar-refractivity contribution is -0.119. The van der Waals surface area contributed by atoms with Gasteiger partial charge in [0.05, 0.1) is 12.7 Å². The van der Waals surface area contributed by atoms with E-state index in [0.29, 0.717) is 29.0 Å². The van der Waals surface area contributed by atoms with Crippen molar-refractivity contribution in [1.29, 1.82) is 0 Å². The van der Waals surface area contributed by atoms with Crippen molar-refractivity contribution in [2.75, 3.05) is 11.9 Å². The van der Waals surface area contributed by atoms with Gasteiger partial charge in [0.15, 0.2) is 0 Å². The van der Waals surface area contributed by atoms with E-state index < -0.39 is 0 Å². The lowest BCUT2D eigenvalue weighted by Crippen LogP contribution is -2.27. The number of carbonyl (C=O) groups excluding carboxylic acids is 1. The highest BCUT2D eigenvalue weighted by molar-refractivity contribution is 6.35. The number of hydrogen-bond acceptors (Lipinski definition) is 3. The molecule has 1 heterocycles. The van der Waals surface area contributed by atoms with Crippen molar-refractivity contribution in [2.24, 2.45) is 11.7 Å². The van der Waals surface area contributed by atoms with E-state index in [-0.39, 0.29) is 24.2 Å². The largest absolute Gasteiger partial charge is 0.330 e. The van der Waals surface area contributed by atoms with E-state index >= 15 is 0 Å². The van der Waals surface area contributed by atoms with Crippen LogP contribution in [0.2, 0.25) is 10.0 Å². The topological polar surface area (TPSA) is 72.9 Å². The molecule has 3 N–H and O–H groups in total. The second kappa shape index (κ2) is 8.39. The second-order valence-corrected chi connectivity index (χ2v) is 5.58. The standard InChI is InChI=1S/C14H16Cl2N4O.ClH/c1-9(7-17)14(21)19-13-4-5-18-20(13)8-10-2-3-11(15)6-12(10)16;/h2-6,9H,7-8,17H2,1H3,(H,19,21);1H. The number of hydrogen-bond donors (Lipinski definition) is 2. The van der Waals surface area contributed by atoms with Crippen LogP contribution in [0.4, 0.5) is 5.82 Å². The first kappa shape index (κ1) is 18.8. The number of benzene rings is 1. The average molecular weight is 364 g/mol. The Balaban J connectivity index is 0.00000242. The molecule has 1 aromatic carbocycles. The van der Waals surface area contributed by atoms with Crippen molar-refractivity contribution in [2.45, 2.75) is 13.5 Å². The Morgan fingerprint density at radius 3 is 2.77 bits per heavy atom. The first-order valence-corrected chi connectivity index (χ1v) is 7.23. The van der Waals surface area contributed by atoms with E-state index in [1.54, 1.807) is 36.0 Å². The number of amides is 1. The molecule has 0 aliphatic heterocycles. The zero-order chi connectivity index (χ0) is 15.4. The summed E-state index contributed by atoms with van der Waals surface area (Å²) in [5, 5.41) is 8.14. The van der Waals surface area contributed by atoms with Crippen LogP contribution in [0.15, 0.2) is 30.5 Å². The molecule has 5 nitrogen and oxygen atoms in total. The molecule has 0 spiro atoms. The number of carbonyl (C=O) groups is 1. The predicted octanol–water partition coefficient (Wildman–Crippen LogP) is 3.19. The third-order valence-electron chi connectivity index (χ3n) is 3.10. The number of rotatable bonds is 5. The number of nitrogens with zero attached hydrogens (tertiary/aromatic N) is 2. The van der Waals surface area contributed by atoms with Gasteiger partial charge < -0.3 is 11.1 Å². The van der Waals surface area contributed by atoms with Crippen molar-refractivity contribution in [3.8, 4) is 0 Å². The maximum absolute atomic E-state index is 11.9. The first-order valence-electron chi connectivity index (χ1n) is 6.48. The number of halogens is 3. The fourth-order valence-corrected chi connectivity index (χ4v) is 2.20. The quantitative estimate of drug-likeness (QED) is 0.857. The zero-order valence-corrected chi connectivity index (χ0v) is 14.3. The summed E-state index contributed by atoms with van der Waals surface area (Å²) >= 11 is 12.0. The van der Waals surface area contributed by atoms with E-state index in [1.165, 1.54) is 0 Å². The molecule has 8 heteroatoms. The van der Waals surface area contributed by atoms with E-state index in [4.69, 9.17) is 28.9 Å². The van der Waals surface area contributed by atoms with Gasteiger partial charge in [0, 0.05) is 28.6 Å². The molecule has 1 amide bonds. The normalized spacial score (nSPS) is 11.6. The van der Waals surface area contributed by atoms with Crippen molar-refractivity contribution >= 4 is 47.3 Å². The van der Waals surface area contributed by atoms with Crippen LogP contribution in [-0.4, -0.2) is 22.2 Å². The van der Waals surface area contributed by atoms with Gasteiger partial charge in [-0.2, -0.15) is 5.10 Å². The Morgan fingerprint density at radius 2 is 2.14 bits per heavy atom. The highest BCUT2D eigenvalue weighted by atomic mass is 35.5. The molecule has 0 fully saturated rings. The number of nitrogens with one attached hydrogen (secondary N) is 1. The zero-order valence-electron chi connectivity index (χ0n) is 11.9. The smallest absolute Gasteiger partial charge is 0.229 e. The van der Waals surface area contributed by atoms with Crippen molar-refractivity contribution < 1.29 is 4.79 Å². The van der Waals surface area contributed by atoms with Gasteiger partial charge >= 0.3 is 0 Å². The Morgan fingerprint density at radius 1 is 1.41 bits per heavy atom. The summed E-state index contributed by atoms with van der Waals surface area (Å²) < 4.78 is 1.66. The van der Waals surface area contributed by atoms with Gasteiger partial charge in [0.1, 0.15) is 5.82 Å². The van der Waals surface area contributed by atoms with Gasteiger partial charge in [-0.15, -0.1) is 12.4 Å². The SMILES string of the molecule is CC(CN)C(=O)Nc1ccnn1Cc1ccc(Cl)cc1Cl.Cl. The van der Waals surface area contributed by atoms with Crippen LogP contribution in [0.5, 0.6) is 0 Å². The summed E-state index contributed by atoms with van der Waals surface area (Å²) in [7, 11) is 0. The van der Waals surface area contributed by atoms with Crippen molar-refractivity contribution in [3.63, 3.8) is 0 Å². The van der Waals surface area contributed by atoms with Crippen LogP contribution in [0.25, 0.3) is 0 Å². The van der Waals surface area contributed by atoms with Gasteiger partial charge in [0.25, 0.3) is 0 Å². The van der Waals surface area contributed by atoms with Crippen LogP contribution < -0.4 is 11.1 Å². The molecule has 1 aromatic heterocycles. The lowest BCUT2D eigenvalue weighted by atomic mass is 10.2. The highest BCUT2D eigenvalue weighted by Gasteiger charge is 2.14. The number of nitrogens with two attached hydrogens (primary N) is 1. The fraction of sp³-hybridized carbons (Fsp3) is 0.286. The summed E-state index contributed by atoms with van der Waals surface area (Å²) in [4.78, 5) is 11.9. The van der Waals surface area contributed by atoms with E-state index in [1.807, 2.05) is 6.07 Å². The number of aromatic nitrogens is 2. The maximum Gasteiger partial charge on any atom is 0.229 e. The van der Waals surface area contributed by atoms with Crippen LogP contribution in [0, 0.1) is 5.92 Å². The molecule has 0 radical (unpaired) electrons. The molecular formula is C14H17Cl3N4O. The minimum absolute atomic E-state index is 0. The first-order chi connectivity index (χ1) is 10.0. The Labute approximate surface area is 145 Å². The molecule has 0 saturated heterocycles. The summed E-state index contributed by atoms with van der Waals surface area (Å²) in [6.07, 6.45) is 1.62. The van der Waals surface area contributed by atoms with Gasteiger partial charge in [-0.3, -0.25) is 4.79 Å². The van der Waals surface area contributed by atoms with Crippen LogP contribution in [0.3, 0.4) is 0 Å². The van der Waals surface area contributed by atoms with E-state index in [0.717, 1.165) is 5.56 Å². The summed E-state index contributed by atoms with van der Waals surface area (Å²) in [6, 6.07) is 7.00. The molecule has 0 aliphatic carbocycles. The molecule has 1 unspecified atom stereocenters. The molecular weight excluding hydrogens is 347 g/mol. The average Bonchev–Trinajstić information content (AvgIpc) is 2.88. The van der Waals surface area contributed by atoms with Gasteiger partial charge in [-0.05, 0) is 17.7 Å². The van der Waals surface area contributed by atoms with E-state index in [9.17, 15) is 4.79 Å². The monoisotopic (exact) mass is 362 g/mol. The van der Waals surface area contributed by atoms with E-state index in [2.05, 4.69) is 10.4 Å². The fourth-order valence-electron chi connectivity index (χ4n) is 1.73. The highest BCUT2D eigenvalue weighted by Crippen LogP contribution is 2.22. The van der Waals surface area contributed by atoms with Crippen molar-refractivity contribution in [1.82, 2.24) is 9.78 Å². The predicted molar refractivity (Wildman–Crippen MR) is 91.9 cm³/mol. The third kappa shape index (κ3) is 4.61. The summed E-state index contributed by atoms with van der Waals surface area (Å²) in [6.45, 7) is 2.50. The Bertz CT molecular complexity index is 645. The molecule has 2 aromatic rings. The molecule has 22 heavy (non-hydrogen) atoms. The molecule has 1 atom stereocenters. The minimum Gasteiger partial charge on any atom is -0.330 e. The van der Waals surface area contributed by atoms with Crippen LogP contribution in [0.1, 0.15) is 12.5 Å². The molecule has 0 bridgehead atoms. The van der Waals surface area contributed by atoms with Crippen molar-refractivity contribution in [3.05, 3.63) is 46.1 Å². The molecule has 2 rings (SSSR count). The second-order valence-electron chi connectivity index (χ2n) is 4.74. The summed E-state index contributed by atoms with van der Waals surface area (Å²) in [5.41, 5.74) is 6.35. The molecule has 0 aliphatic rings. The Kier molecular flexibility index (Phi) is 7.16.